The van der Waals surface area contributed by atoms with Gasteiger partial charge in [0.05, 0.1) is 0 Å². The lowest BCUT2D eigenvalue weighted by atomic mass is 10.3. The summed E-state index contributed by atoms with van der Waals surface area (Å²) in [6.07, 6.45) is 0. The quantitative estimate of drug-likeness (QED) is 0.639. The third-order valence-corrected chi connectivity index (χ3v) is 1.66. The van der Waals surface area contributed by atoms with E-state index in [0.717, 1.165) is 0 Å². The van der Waals surface area contributed by atoms with Crippen LogP contribution in [0.2, 0.25) is 0 Å². The Bertz CT molecular complexity index is 117. The molecule has 60 valence electrons. The number of nitrogens with one attached hydrogen (secondary N) is 1. The fraction of sp³-hybridized carbons (Fsp3) is 0.857. The van der Waals surface area contributed by atoms with Crippen molar-refractivity contribution in [3.8, 4) is 0 Å². The van der Waals surface area contributed by atoms with E-state index in [9.17, 15) is 4.79 Å². The molecule has 0 spiro atoms. The second-order valence-corrected chi connectivity index (χ2v) is 4.83. The summed E-state index contributed by atoms with van der Waals surface area (Å²) in [5.41, 5.74) is 0. The molecule has 0 aromatic rings. The zero-order valence-electron chi connectivity index (χ0n) is 7.02. The van der Waals surface area contributed by atoms with E-state index in [2.05, 4.69) is 5.32 Å². The topological polar surface area (TPSA) is 29.1 Å². The zero-order chi connectivity index (χ0) is 8.20. The monoisotopic (exact) mass is 161 g/mol. The fourth-order valence-corrected chi connectivity index (χ4v) is 1.23. The number of rotatable bonds is 1. The number of hydrogen-bond donors (Lipinski definition) is 1. The van der Waals surface area contributed by atoms with Crippen LogP contribution >= 0.6 is 11.8 Å². The van der Waals surface area contributed by atoms with Crippen molar-refractivity contribution in [2.45, 2.75) is 32.4 Å². The highest BCUT2D eigenvalue weighted by atomic mass is 32.2. The highest BCUT2D eigenvalue weighted by molar-refractivity contribution is 8.14. The van der Waals surface area contributed by atoms with Gasteiger partial charge in [-0.25, -0.2) is 0 Å². The lowest BCUT2D eigenvalue weighted by Crippen LogP contribution is -2.23. The summed E-state index contributed by atoms with van der Waals surface area (Å²) < 4.78 is 0.0270. The Labute approximate surface area is 66.8 Å². The van der Waals surface area contributed by atoms with E-state index in [-0.39, 0.29) is 9.99 Å². The van der Waals surface area contributed by atoms with Crippen molar-refractivity contribution < 1.29 is 4.79 Å². The van der Waals surface area contributed by atoms with Gasteiger partial charge in [0.15, 0.2) is 0 Å². The molecule has 2 nitrogen and oxygen atoms in total. The highest BCUT2D eigenvalue weighted by Crippen LogP contribution is 2.23. The second kappa shape index (κ2) is 3.86. The van der Waals surface area contributed by atoms with E-state index in [1.165, 1.54) is 11.8 Å². The van der Waals surface area contributed by atoms with Gasteiger partial charge in [0.1, 0.15) is 0 Å². The molecule has 0 radical (unpaired) electrons. The first kappa shape index (κ1) is 9.82. The summed E-state index contributed by atoms with van der Waals surface area (Å²) in [6, 6.07) is 0. The van der Waals surface area contributed by atoms with Crippen LogP contribution in [0.3, 0.4) is 0 Å². The van der Waals surface area contributed by atoms with E-state index in [1.54, 1.807) is 0 Å². The Balaban J connectivity index is 3.58. The first-order valence-corrected chi connectivity index (χ1v) is 4.24. The molecule has 0 aliphatic carbocycles. The zero-order valence-corrected chi connectivity index (χ0v) is 7.84. The third-order valence-electron chi connectivity index (χ3n) is 0.720. The standard InChI is InChI=1S/C7H15NOS/c1-5-8-6(9)10-7(2,3)4/h5H2,1-4H3,(H,8,9). The summed E-state index contributed by atoms with van der Waals surface area (Å²) in [7, 11) is 0. The first-order valence-electron chi connectivity index (χ1n) is 3.42. The van der Waals surface area contributed by atoms with Gasteiger partial charge in [0.2, 0.25) is 0 Å². The second-order valence-electron chi connectivity index (χ2n) is 3.03. The predicted octanol–water partition coefficient (Wildman–Crippen LogP) is 2.25. The molecule has 0 unspecified atom stereocenters. The molecular formula is C7H15NOS. The number of carbonyl (C=O) groups is 1. The molecule has 0 aliphatic heterocycles. The van der Waals surface area contributed by atoms with Crippen molar-refractivity contribution in [3.05, 3.63) is 0 Å². The molecule has 0 aromatic heterocycles. The molecule has 0 heterocycles. The molecule has 0 fully saturated rings. The van der Waals surface area contributed by atoms with E-state index >= 15 is 0 Å². The Kier molecular flexibility index (Phi) is 3.79. The molecule has 10 heavy (non-hydrogen) atoms. The van der Waals surface area contributed by atoms with Crippen molar-refractivity contribution in [2.75, 3.05) is 6.54 Å². The number of thioether (sulfide) groups is 1. The Morgan fingerprint density at radius 3 is 2.30 bits per heavy atom. The van der Waals surface area contributed by atoms with Crippen molar-refractivity contribution in [1.82, 2.24) is 5.32 Å². The van der Waals surface area contributed by atoms with Crippen LogP contribution in [-0.4, -0.2) is 16.5 Å². The first-order chi connectivity index (χ1) is 4.45. The summed E-state index contributed by atoms with van der Waals surface area (Å²) in [4.78, 5) is 10.9. The van der Waals surface area contributed by atoms with Gasteiger partial charge in [-0.05, 0) is 6.92 Å². The summed E-state index contributed by atoms with van der Waals surface area (Å²) in [6.45, 7) is 8.69. The molecule has 0 bridgehead atoms. The van der Waals surface area contributed by atoms with E-state index < -0.39 is 0 Å². The van der Waals surface area contributed by atoms with Gasteiger partial charge in [-0.1, -0.05) is 32.5 Å². The lowest BCUT2D eigenvalue weighted by Gasteiger charge is -2.15. The Morgan fingerprint density at radius 1 is 1.50 bits per heavy atom. The van der Waals surface area contributed by atoms with E-state index in [1.807, 2.05) is 27.7 Å². The number of amides is 1. The minimum atomic E-state index is 0.0270. The van der Waals surface area contributed by atoms with Crippen molar-refractivity contribution >= 4 is 17.0 Å². The smallest absolute Gasteiger partial charge is 0.279 e. The van der Waals surface area contributed by atoms with Crippen LogP contribution < -0.4 is 5.32 Å². The van der Waals surface area contributed by atoms with Gasteiger partial charge < -0.3 is 5.32 Å². The molecule has 1 amide bonds. The van der Waals surface area contributed by atoms with Crippen LogP contribution in [0.1, 0.15) is 27.7 Å². The number of hydrogen-bond acceptors (Lipinski definition) is 2. The minimum Gasteiger partial charge on any atom is -0.347 e. The fourth-order valence-electron chi connectivity index (χ4n) is 0.459. The average Bonchev–Trinajstić information content (AvgIpc) is 1.59. The van der Waals surface area contributed by atoms with Gasteiger partial charge in [0.25, 0.3) is 5.24 Å². The summed E-state index contributed by atoms with van der Waals surface area (Å²) in [5.74, 6) is 0. The molecule has 0 aliphatic rings. The molecule has 0 saturated carbocycles. The van der Waals surface area contributed by atoms with E-state index in [4.69, 9.17) is 0 Å². The molecule has 3 heteroatoms. The maximum Gasteiger partial charge on any atom is 0.279 e. The highest BCUT2D eigenvalue weighted by Gasteiger charge is 2.15. The van der Waals surface area contributed by atoms with Crippen LogP contribution in [0.15, 0.2) is 0 Å². The Hall–Kier alpha value is -0.180. The van der Waals surface area contributed by atoms with Crippen LogP contribution in [0.25, 0.3) is 0 Å². The van der Waals surface area contributed by atoms with Gasteiger partial charge in [0, 0.05) is 11.3 Å². The van der Waals surface area contributed by atoms with Crippen LogP contribution in [0.5, 0.6) is 0 Å². The number of carbonyl (C=O) groups excluding carboxylic acids is 1. The van der Waals surface area contributed by atoms with Crippen molar-refractivity contribution in [1.29, 1.82) is 0 Å². The summed E-state index contributed by atoms with van der Waals surface area (Å²) >= 11 is 1.33. The van der Waals surface area contributed by atoms with Gasteiger partial charge in [-0.15, -0.1) is 0 Å². The predicted molar refractivity (Wildman–Crippen MR) is 46.4 cm³/mol. The van der Waals surface area contributed by atoms with Gasteiger partial charge in [-0.2, -0.15) is 0 Å². The molecular weight excluding hydrogens is 146 g/mol. The third kappa shape index (κ3) is 5.95. The molecule has 1 N–H and O–H groups in total. The van der Waals surface area contributed by atoms with Crippen LogP contribution in [0, 0.1) is 0 Å². The van der Waals surface area contributed by atoms with Crippen LogP contribution in [0.4, 0.5) is 4.79 Å². The molecule has 0 saturated heterocycles. The SMILES string of the molecule is CCNC(=O)SC(C)(C)C. The molecule has 0 aromatic carbocycles. The van der Waals surface area contributed by atoms with Crippen LogP contribution in [-0.2, 0) is 0 Å². The van der Waals surface area contributed by atoms with Gasteiger partial charge in [-0.3, -0.25) is 4.79 Å². The van der Waals surface area contributed by atoms with Crippen molar-refractivity contribution in [2.24, 2.45) is 0 Å². The van der Waals surface area contributed by atoms with E-state index in [0.29, 0.717) is 6.54 Å². The molecule has 0 rings (SSSR count). The Morgan fingerprint density at radius 2 is 2.00 bits per heavy atom. The lowest BCUT2D eigenvalue weighted by molar-refractivity contribution is 0.261. The molecule has 0 atom stereocenters. The van der Waals surface area contributed by atoms with Crippen molar-refractivity contribution in [3.63, 3.8) is 0 Å². The maximum absolute atomic E-state index is 10.9. The largest absolute Gasteiger partial charge is 0.347 e. The average molecular weight is 161 g/mol. The van der Waals surface area contributed by atoms with Gasteiger partial charge >= 0.3 is 0 Å². The minimum absolute atomic E-state index is 0.0270. The normalized spacial score (nSPS) is 11.2. The maximum atomic E-state index is 10.9. The summed E-state index contributed by atoms with van der Waals surface area (Å²) in [5, 5.41) is 2.79.